The Morgan fingerprint density at radius 3 is 2.73 bits per heavy atom. The first-order valence-electron chi connectivity index (χ1n) is 8.91. The van der Waals surface area contributed by atoms with Crippen molar-refractivity contribution in [3.05, 3.63) is 29.8 Å². The first-order valence-corrected chi connectivity index (χ1v) is 8.91. The van der Waals surface area contributed by atoms with Gasteiger partial charge in [-0.1, -0.05) is 12.1 Å². The molecule has 7 heteroatoms. The number of nitrogens with one attached hydrogen (secondary N) is 1. The van der Waals surface area contributed by atoms with E-state index in [9.17, 15) is 9.59 Å². The number of carboxylic acid groups (broad SMARTS) is 1. The van der Waals surface area contributed by atoms with Crippen molar-refractivity contribution in [3.8, 4) is 5.75 Å². The smallest absolute Gasteiger partial charge is 0.317 e. The van der Waals surface area contributed by atoms with Crippen LogP contribution in [-0.4, -0.2) is 54.7 Å². The fourth-order valence-corrected chi connectivity index (χ4v) is 3.75. The zero-order valence-corrected chi connectivity index (χ0v) is 15.8. The van der Waals surface area contributed by atoms with Gasteiger partial charge in [-0.05, 0) is 48.8 Å². The second kappa shape index (κ2) is 9.24. The summed E-state index contributed by atoms with van der Waals surface area (Å²) in [6.07, 6.45) is 3.49. The molecule has 2 fully saturated rings. The van der Waals surface area contributed by atoms with Crippen LogP contribution in [0.1, 0.15) is 24.8 Å². The summed E-state index contributed by atoms with van der Waals surface area (Å²) in [5.74, 6) is 1.06. The quantitative estimate of drug-likeness (QED) is 0.718. The number of nitrogens with zero attached hydrogens (tertiary/aromatic N) is 1. The Morgan fingerprint density at radius 1 is 1.31 bits per heavy atom. The summed E-state index contributed by atoms with van der Waals surface area (Å²) in [6, 6.07) is 7.83. The van der Waals surface area contributed by atoms with Crippen molar-refractivity contribution in [2.24, 2.45) is 11.8 Å². The van der Waals surface area contributed by atoms with Gasteiger partial charge in [0.05, 0.1) is 13.7 Å². The number of ether oxygens (including phenoxy) is 1. The molecule has 3 rings (SSSR count). The Balaban J connectivity index is 0.00000243. The minimum absolute atomic E-state index is 0. The van der Waals surface area contributed by atoms with Gasteiger partial charge in [-0.25, -0.2) is 0 Å². The van der Waals surface area contributed by atoms with Gasteiger partial charge >= 0.3 is 5.97 Å². The van der Waals surface area contributed by atoms with Crippen molar-refractivity contribution < 1.29 is 19.4 Å². The first kappa shape index (κ1) is 20.5. The molecule has 1 aromatic carbocycles. The molecule has 2 atom stereocenters. The summed E-state index contributed by atoms with van der Waals surface area (Å²) < 4.78 is 5.21. The van der Waals surface area contributed by atoms with E-state index in [2.05, 4.69) is 5.32 Å². The molecule has 1 aromatic rings. The minimum Gasteiger partial charge on any atom is -0.497 e. The largest absolute Gasteiger partial charge is 0.497 e. The summed E-state index contributed by atoms with van der Waals surface area (Å²) in [7, 11) is 1.63. The first-order chi connectivity index (χ1) is 12.0. The molecule has 1 saturated heterocycles. The fraction of sp³-hybridized carbons (Fsp3) is 0.579. The van der Waals surface area contributed by atoms with Crippen molar-refractivity contribution in [2.75, 3.05) is 26.7 Å². The van der Waals surface area contributed by atoms with Gasteiger partial charge < -0.3 is 15.2 Å². The van der Waals surface area contributed by atoms with E-state index in [0.29, 0.717) is 31.2 Å². The molecule has 1 aliphatic heterocycles. The third kappa shape index (κ3) is 5.61. The Bertz CT molecular complexity index is 636. The Morgan fingerprint density at radius 2 is 2.08 bits per heavy atom. The van der Waals surface area contributed by atoms with Gasteiger partial charge in [-0.15, -0.1) is 12.4 Å². The molecule has 0 unspecified atom stereocenters. The number of hydrogen-bond acceptors (Lipinski definition) is 4. The van der Waals surface area contributed by atoms with Gasteiger partial charge in [-0.3, -0.25) is 14.5 Å². The van der Waals surface area contributed by atoms with Crippen LogP contribution < -0.4 is 10.1 Å². The van der Waals surface area contributed by atoms with E-state index in [0.717, 1.165) is 17.9 Å². The Labute approximate surface area is 160 Å². The molecule has 1 aliphatic carbocycles. The molecule has 144 valence electrons. The topological polar surface area (TPSA) is 78.9 Å². The zero-order chi connectivity index (χ0) is 17.8. The van der Waals surface area contributed by atoms with E-state index in [1.54, 1.807) is 7.11 Å². The number of halogens is 1. The number of carbonyl (C=O) groups is 2. The minimum atomic E-state index is -0.806. The van der Waals surface area contributed by atoms with Crippen LogP contribution in [-0.2, 0) is 16.0 Å². The predicted octanol–water partition coefficient (Wildman–Crippen LogP) is 1.96. The number of methoxy groups -OCH3 is 1. The second-order valence-electron chi connectivity index (χ2n) is 7.11. The Hall–Kier alpha value is -1.79. The molecule has 26 heavy (non-hydrogen) atoms. The highest BCUT2D eigenvalue weighted by molar-refractivity contribution is 5.85. The number of carbonyl (C=O) groups excluding carboxylic acids is 1. The number of amides is 1. The average molecular weight is 383 g/mol. The van der Waals surface area contributed by atoms with E-state index >= 15 is 0 Å². The molecule has 2 N–H and O–H groups in total. The van der Waals surface area contributed by atoms with E-state index in [1.807, 2.05) is 29.2 Å². The van der Waals surface area contributed by atoms with E-state index in [-0.39, 0.29) is 30.9 Å². The van der Waals surface area contributed by atoms with Crippen LogP contribution in [0.5, 0.6) is 5.75 Å². The number of aryl methyl sites for hydroxylation is 1. The second-order valence-corrected chi connectivity index (χ2v) is 7.11. The molecule has 1 saturated carbocycles. The highest BCUT2D eigenvalue weighted by Gasteiger charge is 2.43. The maximum atomic E-state index is 12.4. The number of aliphatic carboxylic acids is 1. The maximum Gasteiger partial charge on any atom is 0.317 e. The van der Waals surface area contributed by atoms with E-state index in [4.69, 9.17) is 9.84 Å². The third-order valence-electron chi connectivity index (χ3n) is 5.15. The molecule has 2 aliphatic rings. The lowest BCUT2D eigenvalue weighted by Gasteiger charge is -2.19. The summed E-state index contributed by atoms with van der Waals surface area (Å²) in [4.78, 5) is 25.3. The van der Waals surface area contributed by atoms with Crippen molar-refractivity contribution in [2.45, 2.75) is 31.7 Å². The Kier molecular flexibility index (Phi) is 7.29. The molecule has 0 radical (unpaired) electrons. The van der Waals surface area contributed by atoms with Crippen LogP contribution >= 0.6 is 12.4 Å². The molecule has 0 spiro atoms. The predicted molar refractivity (Wildman–Crippen MR) is 101 cm³/mol. The third-order valence-corrected chi connectivity index (χ3v) is 5.15. The van der Waals surface area contributed by atoms with Gasteiger partial charge in [0.25, 0.3) is 0 Å². The monoisotopic (exact) mass is 382 g/mol. The van der Waals surface area contributed by atoms with Gasteiger partial charge in [0, 0.05) is 25.6 Å². The normalized spacial score (nSPS) is 22.5. The number of carboxylic acids is 1. The van der Waals surface area contributed by atoms with Crippen LogP contribution in [0.2, 0.25) is 0 Å². The molecular formula is C19H27ClN2O4. The average Bonchev–Trinajstić information content (AvgIpc) is 3.36. The van der Waals surface area contributed by atoms with Crippen LogP contribution in [0.15, 0.2) is 24.3 Å². The summed E-state index contributed by atoms with van der Waals surface area (Å²) in [5, 5.41) is 12.1. The lowest BCUT2D eigenvalue weighted by atomic mass is 9.98. The molecular weight excluding hydrogens is 356 g/mol. The van der Waals surface area contributed by atoms with Gasteiger partial charge in [-0.2, -0.15) is 0 Å². The van der Waals surface area contributed by atoms with Crippen LogP contribution in [0.25, 0.3) is 0 Å². The van der Waals surface area contributed by atoms with E-state index in [1.165, 1.54) is 12.8 Å². The van der Waals surface area contributed by atoms with Crippen LogP contribution in [0.4, 0.5) is 0 Å². The summed E-state index contributed by atoms with van der Waals surface area (Å²) in [6.45, 7) is 1.47. The number of likely N-dealkylation sites (tertiary alicyclic amines) is 1. The SMILES string of the molecule is COc1cccc(CCC(=O)N[C@H]2CN(CC(=O)O)C[C@@H]2C2CC2)c1.Cl. The molecule has 6 nitrogen and oxygen atoms in total. The van der Waals surface area contributed by atoms with Crippen LogP contribution in [0, 0.1) is 11.8 Å². The summed E-state index contributed by atoms with van der Waals surface area (Å²) in [5.41, 5.74) is 1.08. The van der Waals surface area contributed by atoms with Crippen molar-refractivity contribution in [3.63, 3.8) is 0 Å². The highest BCUT2D eigenvalue weighted by atomic mass is 35.5. The fourth-order valence-electron chi connectivity index (χ4n) is 3.75. The molecule has 0 bridgehead atoms. The maximum absolute atomic E-state index is 12.4. The number of hydrogen-bond donors (Lipinski definition) is 2. The van der Waals surface area contributed by atoms with Crippen LogP contribution in [0.3, 0.4) is 0 Å². The number of rotatable bonds is 8. The lowest BCUT2D eigenvalue weighted by molar-refractivity contribution is -0.138. The zero-order valence-electron chi connectivity index (χ0n) is 15.0. The molecule has 1 amide bonds. The van der Waals surface area contributed by atoms with Crippen molar-refractivity contribution in [1.29, 1.82) is 0 Å². The lowest BCUT2D eigenvalue weighted by Crippen LogP contribution is -2.41. The summed E-state index contributed by atoms with van der Waals surface area (Å²) >= 11 is 0. The van der Waals surface area contributed by atoms with E-state index < -0.39 is 5.97 Å². The van der Waals surface area contributed by atoms with Gasteiger partial charge in [0.1, 0.15) is 5.75 Å². The number of benzene rings is 1. The van der Waals surface area contributed by atoms with Crippen molar-refractivity contribution in [1.82, 2.24) is 10.2 Å². The highest BCUT2D eigenvalue weighted by Crippen LogP contribution is 2.41. The molecule has 0 aromatic heterocycles. The van der Waals surface area contributed by atoms with Crippen molar-refractivity contribution >= 4 is 24.3 Å². The molecule has 1 heterocycles. The standard InChI is InChI=1S/C19H26N2O4.ClH/c1-25-15-4-2-3-13(9-15)5-8-18(22)20-17-11-21(12-19(23)24)10-16(17)14-6-7-14;/h2-4,9,14,16-17H,5-8,10-12H2,1H3,(H,20,22)(H,23,24);1H/t16-,17+;/m1./s1. The van der Waals surface area contributed by atoms with Gasteiger partial charge in [0.15, 0.2) is 0 Å². The van der Waals surface area contributed by atoms with Gasteiger partial charge in [0.2, 0.25) is 5.91 Å².